The number of rotatable bonds is 4. The lowest BCUT2D eigenvalue weighted by Gasteiger charge is -2.25. The second-order valence-corrected chi connectivity index (χ2v) is 4.87. The van der Waals surface area contributed by atoms with Gasteiger partial charge in [-0.15, -0.1) is 0 Å². The second kappa shape index (κ2) is 6.98. The second-order valence-electron chi connectivity index (χ2n) is 4.87. The van der Waals surface area contributed by atoms with E-state index in [4.69, 9.17) is 9.47 Å². The molecule has 0 saturated carbocycles. The highest BCUT2D eigenvalue weighted by Crippen LogP contribution is 2.23. The molecule has 1 aromatic carbocycles. The number of piperidine rings is 1. The molecular weight excluding hydrogens is 254 g/mol. The number of likely N-dealkylation sites (tertiary alicyclic amines) is 1. The van der Waals surface area contributed by atoms with Crippen molar-refractivity contribution in [2.75, 3.05) is 27.3 Å². The molecule has 0 N–H and O–H groups in total. The van der Waals surface area contributed by atoms with Crippen LogP contribution in [0.5, 0.6) is 11.5 Å². The van der Waals surface area contributed by atoms with Gasteiger partial charge in [-0.1, -0.05) is 0 Å². The smallest absolute Gasteiger partial charge is 0.246 e. The zero-order valence-corrected chi connectivity index (χ0v) is 12.1. The standard InChI is InChI=1S/C16H21NO3/c1-19-14-10-13(11-15(12-14)20-2)6-7-16(18)17-8-4-3-5-9-17/h6-7,10-12H,3-5,8-9H2,1-2H3/b7-6+. The number of benzene rings is 1. The molecule has 0 atom stereocenters. The summed E-state index contributed by atoms with van der Waals surface area (Å²) in [6.07, 6.45) is 6.86. The Labute approximate surface area is 120 Å². The molecule has 0 spiro atoms. The van der Waals surface area contributed by atoms with E-state index < -0.39 is 0 Å². The molecule has 0 radical (unpaired) electrons. The number of ether oxygens (including phenoxy) is 2. The maximum Gasteiger partial charge on any atom is 0.246 e. The molecule has 0 aromatic heterocycles. The maximum absolute atomic E-state index is 12.1. The third-order valence-corrected chi connectivity index (χ3v) is 3.46. The third-order valence-electron chi connectivity index (χ3n) is 3.46. The monoisotopic (exact) mass is 275 g/mol. The predicted octanol–water partition coefficient (Wildman–Crippen LogP) is 2.73. The van der Waals surface area contributed by atoms with E-state index >= 15 is 0 Å². The van der Waals surface area contributed by atoms with Gasteiger partial charge < -0.3 is 14.4 Å². The van der Waals surface area contributed by atoms with E-state index in [1.54, 1.807) is 20.3 Å². The zero-order chi connectivity index (χ0) is 14.4. The fourth-order valence-electron chi connectivity index (χ4n) is 2.31. The van der Waals surface area contributed by atoms with Gasteiger partial charge in [0.05, 0.1) is 14.2 Å². The highest BCUT2D eigenvalue weighted by atomic mass is 16.5. The highest BCUT2D eigenvalue weighted by molar-refractivity contribution is 5.91. The molecular formula is C16H21NO3. The van der Waals surface area contributed by atoms with Crippen LogP contribution >= 0.6 is 0 Å². The summed E-state index contributed by atoms with van der Waals surface area (Å²) >= 11 is 0. The van der Waals surface area contributed by atoms with Crippen molar-refractivity contribution in [1.82, 2.24) is 4.90 Å². The van der Waals surface area contributed by atoms with E-state index in [9.17, 15) is 4.79 Å². The quantitative estimate of drug-likeness (QED) is 0.793. The molecule has 108 valence electrons. The topological polar surface area (TPSA) is 38.8 Å². The SMILES string of the molecule is COc1cc(/C=C/C(=O)N2CCCCC2)cc(OC)c1. The van der Waals surface area contributed by atoms with E-state index in [0.29, 0.717) is 0 Å². The summed E-state index contributed by atoms with van der Waals surface area (Å²) in [7, 11) is 3.22. The van der Waals surface area contributed by atoms with Crippen LogP contribution in [-0.4, -0.2) is 38.1 Å². The number of hydrogen-bond acceptors (Lipinski definition) is 3. The Morgan fingerprint density at radius 3 is 2.20 bits per heavy atom. The van der Waals surface area contributed by atoms with Crippen LogP contribution in [0.25, 0.3) is 6.08 Å². The fraction of sp³-hybridized carbons (Fsp3) is 0.438. The number of methoxy groups -OCH3 is 2. The van der Waals surface area contributed by atoms with Crippen molar-refractivity contribution in [3.05, 3.63) is 29.8 Å². The highest BCUT2D eigenvalue weighted by Gasteiger charge is 2.13. The van der Waals surface area contributed by atoms with Crippen molar-refractivity contribution >= 4 is 12.0 Å². The van der Waals surface area contributed by atoms with Crippen LogP contribution in [0, 0.1) is 0 Å². The Morgan fingerprint density at radius 2 is 1.65 bits per heavy atom. The van der Waals surface area contributed by atoms with Gasteiger partial charge in [0, 0.05) is 25.2 Å². The first-order chi connectivity index (χ1) is 9.72. The predicted molar refractivity (Wildman–Crippen MR) is 79.0 cm³/mol. The van der Waals surface area contributed by atoms with Gasteiger partial charge in [-0.05, 0) is 43.0 Å². The van der Waals surface area contributed by atoms with E-state index in [0.717, 1.165) is 43.0 Å². The molecule has 0 aliphatic carbocycles. The molecule has 1 saturated heterocycles. The molecule has 1 aliphatic rings. The van der Waals surface area contributed by atoms with Crippen LogP contribution in [0.15, 0.2) is 24.3 Å². The van der Waals surface area contributed by atoms with Gasteiger partial charge in [0.1, 0.15) is 11.5 Å². The van der Waals surface area contributed by atoms with Gasteiger partial charge in [-0.3, -0.25) is 4.79 Å². The molecule has 1 aromatic rings. The third kappa shape index (κ3) is 3.76. The van der Waals surface area contributed by atoms with E-state index in [1.807, 2.05) is 29.2 Å². The van der Waals surface area contributed by atoms with Gasteiger partial charge in [-0.25, -0.2) is 0 Å². The Kier molecular flexibility index (Phi) is 5.04. The lowest BCUT2D eigenvalue weighted by atomic mass is 10.1. The van der Waals surface area contributed by atoms with Crippen LogP contribution in [0.3, 0.4) is 0 Å². The van der Waals surface area contributed by atoms with E-state index in [-0.39, 0.29) is 5.91 Å². The van der Waals surface area contributed by atoms with Crippen molar-refractivity contribution in [2.24, 2.45) is 0 Å². The summed E-state index contributed by atoms with van der Waals surface area (Å²) in [5.74, 6) is 1.51. The fourth-order valence-corrected chi connectivity index (χ4v) is 2.31. The summed E-state index contributed by atoms with van der Waals surface area (Å²) < 4.78 is 10.4. The minimum Gasteiger partial charge on any atom is -0.497 e. The first-order valence-electron chi connectivity index (χ1n) is 6.93. The summed E-state index contributed by atoms with van der Waals surface area (Å²) in [5, 5.41) is 0. The Hall–Kier alpha value is -1.97. The lowest BCUT2D eigenvalue weighted by molar-refractivity contribution is -0.126. The first kappa shape index (κ1) is 14.4. The molecule has 4 heteroatoms. The van der Waals surface area contributed by atoms with Gasteiger partial charge in [0.2, 0.25) is 5.91 Å². The number of carbonyl (C=O) groups is 1. The van der Waals surface area contributed by atoms with E-state index in [2.05, 4.69) is 0 Å². The molecule has 1 amide bonds. The summed E-state index contributed by atoms with van der Waals surface area (Å²) in [5.41, 5.74) is 0.895. The summed E-state index contributed by atoms with van der Waals surface area (Å²) in [6, 6.07) is 5.56. The molecule has 4 nitrogen and oxygen atoms in total. The van der Waals surface area contributed by atoms with Crippen LogP contribution in [0.4, 0.5) is 0 Å². The Balaban J connectivity index is 2.07. The largest absolute Gasteiger partial charge is 0.497 e. The van der Waals surface area contributed by atoms with Crippen molar-refractivity contribution in [3.63, 3.8) is 0 Å². The summed E-state index contributed by atoms with van der Waals surface area (Å²) in [6.45, 7) is 1.73. The van der Waals surface area contributed by atoms with Crippen LogP contribution in [-0.2, 0) is 4.79 Å². The molecule has 1 heterocycles. The van der Waals surface area contributed by atoms with Crippen molar-refractivity contribution < 1.29 is 14.3 Å². The molecule has 0 bridgehead atoms. The molecule has 1 fully saturated rings. The number of carbonyl (C=O) groups excluding carboxylic acids is 1. The van der Waals surface area contributed by atoms with Crippen LogP contribution in [0.1, 0.15) is 24.8 Å². The minimum absolute atomic E-state index is 0.0755. The minimum atomic E-state index is 0.0755. The number of nitrogens with zero attached hydrogens (tertiary/aromatic N) is 1. The average Bonchev–Trinajstić information content (AvgIpc) is 2.53. The number of amides is 1. The van der Waals surface area contributed by atoms with Crippen molar-refractivity contribution in [1.29, 1.82) is 0 Å². The van der Waals surface area contributed by atoms with Gasteiger partial charge in [0.15, 0.2) is 0 Å². The molecule has 20 heavy (non-hydrogen) atoms. The zero-order valence-electron chi connectivity index (χ0n) is 12.1. The molecule has 2 rings (SSSR count). The van der Waals surface area contributed by atoms with Crippen molar-refractivity contribution in [2.45, 2.75) is 19.3 Å². The normalized spacial score (nSPS) is 15.4. The first-order valence-corrected chi connectivity index (χ1v) is 6.93. The Bertz CT molecular complexity index is 468. The van der Waals surface area contributed by atoms with Crippen LogP contribution < -0.4 is 9.47 Å². The maximum atomic E-state index is 12.1. The van der Waals surface area contributed by atoms with Gasteiger partial charge >= 0.3 is 0 Å². The van der Waals surface area contributed by atoms with Gasteiger partial charge in [0.25, 0.3) is 0 Å². The Morgan fingerprint density at radius 1 is 1.05 bits per heavy atom. The van der Waals surface area contributed by atoms with Crippen molar-refractivity contribution in [3.8, 4) is 11.5 Å². The molecule has 1 aliphatic heterocycles. The molecule has 0 unspecified atom stereocenters. The number of hydrogen-bond donors (Lipinski definition) is 0. The summed E-state index contributed by atoms with van der Waals surface area (Å²) in [4.78, 5) is 14.0. The van der Waals surface area contributed by atoms with Crippen LogP contribution in [0.2, 0.25) is 0 Å². The van der Waals surface area contributed by atoms with Gasteiger partial charge in [-0.2, -0.15) is 0 Å². The lowest BCUT2D eigenvalue weighted by Crippen LogP contribution is -2.34. The van der Waals surface area contributed by atoms with E-state index in [1.165, 1.54) is 6.42 Å². The average molecular weight is 275 g/mol.